The van der Waals surface area contributed by atoms with E-state index in [0.717, 1.165) is 16.7 Å². The molecular formula is C21H29FN4O2S. The number of rotatable bonds is 7. The first-order chi connectivity index (χ1) is 13.6. The summed E-state index contributed by atoms with van der Waals surface area (Å²) in [6.07, 6.45) is 1.21. The van der Waals surface area contributed by atoms with Gasteiger partial charge in [0.15, 0.2) is 15.8 Å². The molecule has 0 spiro atoms. The van der Waals surface area contributed by atoms with E-state index in [0.29, 0.717) is 36.1 Å². The van der Waals surface area contributed by atoms with Gasteiger partial charge in [0, 0.05) is 38.5 Å². The lowest BCUT2D eigenvalue weighted by molar-refractivity contribution is 0.392. The van der Waals surface area contributed by atoms with E-state index in [2.05, 4.69) is 15.6 Å². The van der Waals surface area contributed by atoms with Gasteiger partial charge in [0.1, 0.15) is 5.82 Å². The topological polar surface area (TPSA) is 73.8 Å². The lowest BCUT2D eigenvalue weighted by Crippen LogP contribution is -2.36. The maximum Gasteiger partial charge on any atom is 0.191 e. The summed E-state index contributed by atoms with van der Waals surface area (Å²) in [6.45, 7) is 3.33. The van der Waals surface area contributed by atoms with Crippen molar-refractivity contribution in [1.82, 2.24) is 15.5 Å². The third kappa shape index (κ3) is 6.83. The van der Waals surface area contributed by atoms with Gasteiger partial charge in [-0.15, -0.1) is 0 Å². The molecule has 6 nitrogen and oxygen atoms in total. The minimum absolute atomic E-state index is 0.210. The van der Waals surface area contributed by atoms with E-state index in [4.69, 9.17) is 0 Å². The molecule has 8 heteroatoms. The number of halogens is 1. The van der Waals surface area contributed by atoms with Gasteiger partial charge < -0.3 is 15.5 Å². The molecule has 0 aromatic heterocycles. The molecule has 29 heavy (non-hydrogen) atoms. The maximum absolute atomic E-state index is 13.9. The Morgan fingerprint density at radius 1 is 1.07 bits per heavy atom. The molecule has 0 amide bonds. The Bertz CT molecular complexity index is 988. The fraction of sp³-hybridized carbons (Fsp3) is 0.381. The number of sulfone groups is 1. The zero-order valence-electron chi connectivity index (χ0n) is 17.6. The van der Waals surface area contributed by atoms with Gasteiger partial charge in [-0.1, -0.05) is 18.2 Å². The SMILES string of the molecule is CN=C(NCc1ccc(S(C)(=O)=O)c(C)c1)NCc1ccc(F)c(CN(C)C)c1. The van der Waals surface area contributed by atoms with Crippen LogP contribution in [0.25, 0.3) is 0 Å². The second kappa shape index (κ2) is 9.84. The van der Waals surface area contributed by atoms with Crippen LogP contribution in [0.15, 0.2) is 46.3 Å². The van der Waals surface area contributed by atoms with Crippen LogP contribution in [0.4, 0.5) is 4.39 Å². The molecule has 158 valence electrons. The molecule has 0 atom stereocenters. The first-order valence-electron chi connectivity index (χ1n) is 9.26. The van der Waals surface area contributed by atoms with Crippen molar-refractivity contribution >= 4 is 15.8 Å². The second-order valence-corrected chi connectivity index (χ2v) is 9.30. The number of aryl methyl sites for hydroxylation is 1. The molecule has 0 unspecified atom stereocenters. The van der Waals surface area contributed by atoms with Crippen LogP contribution in [0.3, 0.4) is 0 Å². The summed E-state index contributed by atoms with van der Waals surface area (Å²) in [7, 11) is 2.26. The summed E-state index contributed by atoms with van der Waals surface area (Å²) in [6, 6.07) is 10.4. The number of aliphatic imine (C=N–C) groups is 1. The highest BCUT2D eigenvalue weighted by molar-refractivity contribution is 7.90. The fourth-order valence-corrected chi connectivity index (χ4v) is 3.99. The summed E-state index contributed by atoms with van der Waals surface area (Å²) in [5, 5.41) is 6.42. The Morgan fingerprint density at radius 2 is 1.66 bits per heavy atom. The van der Waals surface area contributed by atoms with Crippen LogP contribution >= 0.6 is 0 Å². The quantitative estimate of drug-likeness (QED) is 0.532. The van der Waals surface area contributed by atoms with Crippen molar-refractivity contribution in [1.29, 1.82) is 0 Å². The first kappa shape index (κ1) is 22.8. The highest BCUT2D eigenvalue weighted by atomic mass is 32.2. The van der Waals surface area contributed by atoms with E-state index in [-0.39, 0.29) is 5.82 Å². The molecule has 0 radical (unpaired) electrons. The van der Waals surface area contributed by atoms with Crippen molar-refractivity contribution in [3.8, 4) is 0 Å². The Labute approximate surface area is 172 Å². The molecule has 0 saturated heterocycles. The zero-order valence-corrected chi connectivity index (χ0v) is 18.4. The number of hydrogen-bond donors (Lipinski definition) is 2. The van der Waals surface area contributed by atoms with E-state index >= 15 is 0 Å². The van der Waals surface area contributed by atoms with Crippen molar-refractivity contribution in [2.45, 2.75) is 31.5 Å². The van der Waals surface area contributed by atoms with Crippen molar-refractivity contribution in [2.24, 2.45) is 4.99 Å². The Hall–Kier alpha value is -2.45. The standard InChI is InChI=1S/C21H29FN4O2S/c1-15-10-16(7-9-20(15)29(5,27)28)12-24-21(23-2)25-13-17-6-8-19(22)18(11-17)14-26(3)4/h6-11H,12-14H2,1-5H3,(H2,23,24,25). The molecule has 2 aromatic carbocycles. The third-order valence-electron chi connectivity index (χ3n) is 4.38. The van der Waals surface area contributed by atoms with Gasteiger partial charge >= 0.3 is 0 Å². The summed E-state index contributed by atoms with van der Waals surface area (Å²) < 4.78 is 37.4. The van der Waals surface area contributed by atoms with Crippen LogP contribution < -0.4 is 10.6 Å². The van der Waals surface area contributed by atoms with E-state index in [1.54, 1.807) is 32.2 Å². The van der Waals surface area contributed by atoms with Gasteiger partial charge in [0.05, 0.1) is 4.90 Å². The molecule has 0 aliphatic heterocycles. The molecule has 2 N–H and O–H groups in total. The van der Waals surface area contributed by atoms with Crippen LogP contribution in [0.5, 0.6) is 0 Å². The van der Waals surface area contributed by atoms with Crippen molar-refractivity contribution in [3.05, 3.63) is 64.5 Å². The summed E-state index contributed by atoms with van der Waals surface area (Å²) in [5.41, 5.74) is 3.28. The summed E-state index contributed by atoms with van der Waals surface area (Å²) in [4.78, 5) is 6.47. The largest absolute Gasteiger partial charge is 0.352 e. The molecule has 0 bridgehead atoms. The highest BCUT2D eigenvalue weighted by Crippen LogP contribution is 2.16. The van der Waals surface area contributed by atoms with Gasteiger partial charge in [0.2, 0.25) is 0 Å². The average molecular weight is 421 g/mol. The van der Waals surface area contributed by atoms with Crippen molar-refractivity contribution < 1.29 is 12.8 Å². The Balaban J connectivity index is 1.97. The summed E-state index contributed by atoms with van der Waals surface area (Å²) >= 11 is 0. The molecular weight excluding hydrogens is 391 g/mol. The number of nitrogens with zero attached hydrogens (tertiary/aromatic N) is 2. The minimum Gasteiger partial charge on any atom is -0.352 e. The van der Waals surface area contributed by atoms with Crippen LogP contribution in [0, 0.1) is 12.7 Å². The highest BCUT2D eigenvalue weighted by Gasteiger charge is 2.11. The minimum atomic E-state index is -3.23. The maximum atomic E-state index is 13.9. The van der Waals surface area contributed by atoms with Gasteiger partial charge in [-0.05, 0) is 55.9 Å². The number of hydrogen-bond acceptors (Lipinski definition) is 4. The van der Waals surface area contributed by atoms with Gasteiger partial charge in [-0.3, -0.25) is 4.99 Å². The lowest BCUT2D eigenvalue weighted by Gasteiger charge is -2.15. The Kier molecular flexibility index (Phi) is 7.75. The lowest BCUT2D eigenvalue weighted by atomic mass is 10.1. The predicted octanol–water partition coefficient (Wildman–Crippen LogP) is 2.46. The van der Waals surface area contributed by atoms with Crippen molar-refractivity contribution in [3.63, 3.8) is 0 Å². The fourth-order valence-electron chi connectivity index (χ4n) is 3.03. The second-order valence-electron chi connectivity index (χ2n) is 7.31. The monoisotopic (exact) mass is 420 g/mol. The summed E-state index contributed by atoms with van der Waals surface area (Å²) in [5.74, 6) is 0.395. The average Bonchev–Trinajstić information content (AvgIpc) is 2.63. The molecule has 2 aromatic rings. The first-order valence-corrected chi connectivity index (χ1v) is 11.2. The molecule has 0 aliphatic carbocycles. The Morgan fingerprint density at radius 3 is 2.17 bits per heavy atom. The van der Waals surface area contributed by atoms with Gasteiger partial charge in [0.25, 0.3) is 0 Å². The molecule has 2 rings (SSSR count). The van der Waals surface area contributed by atoms with E-state index in [9.17, 15) is 12.8 Å². The number of benzene rings is 2. The smallest absolute Gasteiger partial charge is 0.191 e. The normalized spacial score (nSPS) is 12.3. The van der Waals surface area contributed by atoms with Crippen LogP contribution in [-0.2, 0) is 29.5 Å². The van der Waals surface area contributed by atoms with E-state index < -0.39 is 9.84 Å². The molecule has 0 heterocycles. The van der Waals surface area contributed by atoms with Crippen LogP contribution in [0.2, 0.25) is 0 Å². The molecule has 0 saturated carbocycles. The van der Waals surface area contributed by atoms with Crippen LogP contribution in [-0.4, -0.2) is 46.7 Å². The van der Waals surface area contributed by atoms with Crippen LogP contribution in [0.1, 0.15) is 22.3 Å². The predicted molar refractivity (Wildman–Crippen MR) is 115 cm³/mol. The van der Waals surface area contributed by atoms with Gasteiger partial charge in [-0.25, -0.2) is 12.8 Å². The third-order valence-corrected chi connectivity index (χ3v) is 5.64. The number of nitrogens with one attached hydrogen (secondary N) is 2. The molecule has 0 aliphatic rings. The molecule has 0 fully saturated rings. The number of guanidine groups is 1. The van der Waals surface area contributed by atoms with E-state index in [1.807, 2.05) is 31.1 Å². The zero-order chi connectivity index (χ0) is 21.6. The van der Waals surface area contributed by atoms with Crippen molar-refractivity contribution in [2.75, 3.05) is 27.4 Å². The van der Waals surface area contributed by atoms with Gasteiger partial charge in [-0.2, -0.15) is 0 Å². The van der Waals surface area contributed by atoms with E-state index in [1.165, 1.54) is 12.3 Å².